The van der Waals surface area contributed by atoms with Gasteiger partial charge in [-0.2, -0.15) is 0 Å². The fourth-order valence-electron chi connectivity index (χ4n) is 1.93. The molecule has 0 saturated carbocycles. The minimum atomic E-state index is -0.759. The molecule has 0 aliphatic rings. The van der Waals surface area contributed by atoms with E-state index in [-0.39, 0.29) is 6.42 Å². The highest BCUT2D eigenvalue weighted by Gasteiger charge is 2.09. The van der Waals surface area contributed by atoms with Gasteiger partial charge in [0.25, 0.3) is 0 Å². The maximum Gasteiger partial charge on any atom is 0.305 e. The molecule has 0 bridgehead atoms. The van der Waals surface area contributed by atoms with E-state index in [1.165, 1.54) is 0 Å². The average molecular weight is 279 g/mol. The van der Waals surface area contributed by atoms with Gasteiger partial charge in [0, 0.05) is 18.8 Å². The number of carboxylic acids is 1. The molecule has 1 rings (SSSR count). The third-order valence-corrected chi connectivity index (χ3v) is 3.08. The minimum Gasteiger partial charge on any atom is -0.494 e. The van der Waals surface area contributed by atoms with Crippen LogP contribution in [0.25, 0.3) is 0 Å². The van der Waals surface area contributed by atoms with Crippen molar-refractivity contribution in [2.24, 2.45) is 5.92 Å². The highest BCUT2D eigenvalue weighted by atomic mass is 16.5. The van der Waals surface area contributed by atoms with Gasteiger partial charge in [-0.1, -0.05) is 13.8 Å². The molecule has 0 spiro atoms. The Labute approximate surface area is 121 Å². The van der Waals surface area contributed by atoms with Crippen LogP contribution in [0.1, 0.15) is 33.6 Å². The van der Waals surface area contributed by atoms with E-state index in [1.54, 1.807) is 0 Å². The number of ether oxygens (including phenoxy) is 1. The third-order valence-electron chi connectivity index (χ3n) is 3.08. The predicted octanol–water partition coefficient (Wildman–Crippen LogP) is 3.41. The Morgan fingerprint density at radius 2 is 1.90 bits per heavy atom. The molecule has 112 valence electrons. The Morgan fingerprint density at radius 1 is 1.25 bits per heavy atom. The van der Waals surface area contributed by atoms with Gasteiger partial charge in [-0.25, -0.2) is 0 Å². The zero-order valence-electron chi connectivity index (χ0n) is 12.6. The first-order chi connectivity index (χ1) is 9.52. The number of hydrogen-bond donors (Lipinski definition) is 1. The number of benzene rings is 1. The van der Waals surface area contributed by atoms with E-state index < -0.39 is 5.97 Å². The zero-order valence-corrected chi connectivity index (χ0v) is 12.6. The van der Waals surface area contributed by atoms with Gasteiger partial charge >= 0.3 is 5.97 Å². The molecule has 0 heterocycles. The van der Waals surface area contributed by atoms with Crippen LogP contribution in [-0.2, 0) is 4.79 Å². The van der Waals surface area contributed by atoms with Gasteiger partial charge in [-0.05, 0) is 43.5 Å². The quantitative estimate of drug-likeness (QED) is 0.752. The molecule has 0 saturated heterocycles. The second-order valence-electron chi connectivity index (χ2n) is 5.24. The lowest BCUT2D eigenvalue weighted by Gasteiger charge is -2.25. The summed E-state index contributed by atoms with van der Waals surface area (Å²) < 4.78 is 5.42. The SMILES string of the molecule is CCOc1ccc(N(CCC(=O)O)CCC(C)C)cc1. The molecule has 1 aromatic rings. The number of nitrogens with zero attached hydrogens (tertiary/aromatic N) is 1. The van der Waals surface area contributed by atoms with Crippen LogP contribution < -0.4 is 9.64 Å². The number of rotatable bonds is 9. The van der Waals surface area contributed by atoms with Crippen molar-refractivity contribution in [2.45, 2.75) is 33.6 Å². The summed E-state index contributed by atoms with van der Waals surface area (Å²) in [5.41, 5.74) is 1.05. The van der Waals surface area contributed by atoms with Crippen LogP contribution in [0.4, 0.5) is 5.69 Å². The van der Waals surface area contributed by atoms with E-state index >= 15 is 0 Å². The number of carboxylic acid groups (broad SMARTS) is 1. The molecule has 0 unspecified atom stereocenters. The molecule has 1 aromatic carbocycles. The average Bonchev–Trinajstić information content (AvgIpc) is 2.40. The van der Waals surface area contributed by atoms with Crippen LogP contribution in [0.15, 0.2) is 24.3 Å². The van der Waals surface area contributed by atoms with Crippen molar-refractivity contribution in [3.05, 3.63) is 24.3 Å². The molecule has 0 aliphatic carbocycles. The van der Waals surface area contributed by atoms with Gasteiger partial charge in [-0.3, -0.25) is 4.79 Å². The fourth-order valence-corrected chi connectivity index (χ4v) is 1.93. The largest absolute Gasteiger partial charge is 0.494 e. The Balaban J connectivity index is 2.71. The number of aliphatic carboxylic acids is 1. The number of anilines is 1. The zero-order chi connectivity index (χ0) is 15.0. The van der Waals surface area contributed by atoms with Gasteiger partial charge in [-0.15, -0.1) is 0 Å². The summed E-state index contributed by atoms with van der Waals surface area (Å²) in [5, 5.41) is 8.85. The monoisotopic (exact) mass is 279 g/mol. The molecule has 4 heteroatoms. The van der Waals surface area contributed by atoms with E-state index in [1.807, 2.05) is 31.2 Å². The van der Waals surface area contributed by atoms with E-state index in [4.69, 9.17) is 9.84 Å². The van der Waals surface area contributed by atoms with Crippen LogP contribution in [0.2, 0.25) is 0 Å². The van der Waals surface area contributed by atoms with Crippen molar-refractivity contribution in [3.63, 3.8) is 0 Å². The van der Waals surface area contributed by atoms with Crippen molar-refractivity contribution >= 4 is 11.7 Å². The Morgan fingerprint density at radius 3 is 2.40 bits per heavy atom. The van der Waals surface area contributed by atoms with Gasteiger partial charge in [0.05, 0.1) is 13.0 Å². The highest BCUT2D eigenvalue weighted by molar-refractivity contribution is 5.67. The summed E-state index contributed by atoms with van der Waals surface area (Å²) in [4.78, 5) is 12.9. The van der Waals surface area contributed by atoms with Crippen LogP contribution in [-0.4, -0.2) is 30.8 Å². The van der Waals surface area contributed by atoms with E-state index in [2.05, 4.69) is 18.7 Å². The maximum absolute atomic E-state index is 10.8. The van der Waals surface area contributed by atoms with Gasteiger partial charge in [0.15, 0.2) is 0 Å². The van der Waals surface area contributed by atoms with E-state index in [9.17, 15) is 4.79 Å². The van der Waals surface area contributed by atoms with E-state index in [0.717, 1.165) is 24.4 Å². The second kappa shape index (κ2) is 8.46. The fraction of sp³-hybridized carbons (Fsp3) is 0.562. The molecular formula is C16H25NO3. The highest BCUT2D eigenvalue weighted by Crippen LogP contribution is 2.20. The first-order valence-electron chi connectivity index (χ1n) is 7.22. The maximum atomic E-state index is 10.8. The van der Waals surface area contributed by atoms with Crippen LogP contribution in [0.5, 0.6) is 5.75 Å². The number of hydrogen-bond acceptors (Lipinski definition) is 3. The molecule has 4 nitrogen and oxygen atoms in total. The smallest absolute Gasteiger partial charge is 0.305 e. The van der Waals surface area contributed by atoms with Gasteiger partial charge in [0.2, 0.25) is 0 Å². The molecule has 0 atom stereocenters. The second-order valence-corrected chi connectivity index (χ2v) is 5.24. The van der Waals surface area contributed by atoms with Crippen molar-refractivity contribution in [2.75, 3.05) is 24.6 Å². The molecule has 0 amide bonds. The van der Waals surface area contributed by atoms with Crippen molar-refractivity contribution < 1.29 is 14.6 Å². The normalized spacial score (nSPS) is 10.6. The van der Waals surface area contributed by atoms with Crippen LogP contribution in [0, 0.1) is 5.92 Å². The Hall–Kier alpha value is -1.71. The van der Waals surface area contributed by atoms with Crippen molar-refractivity contribution in [1.29, 1.82) is 0 Å². The predicted molar refractivity (Wildman–Crippen MR) is 81.5 cm³/mol. The molecule has 1 N–H and O–H groups in total. The summed E-state index contributed by atoms with van der Waals surface area (Å²) >= 11 is 0. The van der Waals surface area contributed by atoms with Crippen molar-refractivity contribution in [1.82, 2.24) is 0 Å². The van der Waals surface area contributed by atoms with Gasteiger partial charge < -0.3 is 14.7 Å². The number of carbonyl (C=O) groups is 1. The lowest BCUT2D eigenvalue weighted by molar-refractivity contribution is -0.136. The molecule has 20 heavy (non-hydrogen) atoms. The Kier molecular flexibility index (Phi) is 6.91. The van der Waals surface area contributed by atoms with Crippen LogP contribution >= 0.6 is 0 Å². The Bertz CT molecular complexity index is 401. The van der Waals surface area contributed by atoms with Crippen LogP contribution in [0.3, 0.4) is 0 Å². The molecule has 0 radical (unpaired) electrons. The van der Waals surface area contributed by atoms with Gasteiger partial charge in [0.1, 0.15) is 5.75 Å². The first kappa shape index (κ1) is 16.3. The topological polar surface area (TPSA) is 49.8 Å². The molecular weight excluding hydrogens is 254 g/mol. The first-order valence-corrected chi connectivity index (χ1v) is 7.22. The van der Waals surface area contributed by atoms with E-state index in [0.29, 0.717) is 19.1 Å². The summed E-state index contributed by atoms with van der Waals surface area (Å²) in [5.74, 6) is 0.689. The molecule has 0 fully saturated rings. The lowest BCUT2D eigenvalue weighted by atomic mass is 10.1. The lowest BCUT2D eigenvalue weighted by Crippen LogP contribution is -2.28. The summed E-state index contributed by atoms with van der Waals surface area (Å²) in [6.45, 7) is 8.36. The summed E-state index contributed by atoms with van der Waals surface area (Å²) in [6.07, 6.45) is 1.21. The molecule has 0 aliphatic heterocycles. The van der Waals surface area contributed by atoms with Crippen molar-refractivity contribution in [3.8, 4) is 5.75 Å². The molecule has 0 aromatic heterocycles. The summed E-state index contributed by atoms with van der Waals surface area (Å²) in [6, 6.07) is 7.85. The summed E-state index contributed by atoms with van der Waals surface area (Å²) in [7, 11) is 0. The standard InChI is InChI=1S/C16H25NO3/c1-4-20-15-7-5-14(6-8-15)17(11-9-13(2)3)12-10-16(18)19/h5-8,13H,4,9-12H2,1-3H3,(H,18,19). The third kappa shape index (κ3) is 5.95. The minimum absolute atomic E-state index is 0.158.